The predicted molar refractivity (Wildman–Crippen MR) is 103 cm³/mol. The Labute approximate surface area is 146 Å². The predicted octanol–water partition coefficient (Wildman–Crippen LogP) is 6.44. The summed E-state index contributed by atoms with van der Waals surface area (Å²) >= 11 is 0. The molecule has 0 amide bonds. The summed E-state index contributed by atoms with van der Waals surface area (Å²) in [5.74, 6) is 2.41. The monoisotopic (exact) mass is 320 g/mol. The molecule has 1 saturated carbocycles. The van der Waals surface area contributed by atoms with E-state index in [2.05, 4.69) is 62.9 Å². The van der Waals surface area contributed by atoms with Crippen molar-refractivity contribution in [1.29, 1.82) is 0 Å². The van der Waals surface area contributed by atoms with E-state index < -0.39 is 0 Å². The topological polar surface area (TPSA) is 9.23 Å². The minimum Gasteiger partial charge on any atom is -0.496 e. The molecule has 0 atom stereocenters. The number of allylic oxidation sites excluding steroid dienone is 1. The Balaban J connectivity index is 1.80. The molecular formula is C23H28O. The summed E-state index contributed by atoms with van der Waals surface area (Å²) in [5.41, 5.74) is 6.61. The molecule has 2 aromatic rings. The van der Waals surface area contributed by atoms with Crippen molar-refractivity contribution in [3.05, 3.63) is 65.7 Å². The summed E-state index contributed by atoms with van der Waals surface area (Å²) < 4.78 is 5.43. The van der Waals surface area contributed by atoms with Gasteiger partial charge < -0.3 is 4.74 Å². The quantitative estimate of drug-likeness (QED) is 0.589. The van der Waals surface area contributed by atoms with Crippen LogP contribution in [0.3, 0.4) is 0 Å². The van der Waals surface area contributed by atoms with E-state index in [1.54, 1.807) is 7.11 Å². The third-order valence-electron chi connectivity index (χ3n) is 5.76. The molecule has 0 saturated heterocycles. The van der Waals surface area contributed by atoms with Crippen LogP contribution in [0.4, 0.5) is 0 Å². The van der Waals surface area contributed by atoms with E-state index >= 15 is 0 Å². The summed E-state index contributed by atoms with van der Waals surface area (Å²) in [6.45, 7) is 8.25. The molecule has 1 heteroatoms. The van der Waals surface area contributed by atoms with Gasteiger partial charge in [0.25, 0.3) is 0 Å². The Morgan fingerprint density at radius 1 is 0.917 bits per heavy atom. The lowest BCUT2D eigenvalue weighted by atomic mass is 9.78. The maximum absolute atomic E-state index is 5.43. The van der Waals surface area contributed by atoms with Crippen LogP contribution in [-0.2, 0) is 0 Å². The molecule has 0 spiro atoms. The molecule has 2 aromatic carbocycles. The molecule has 1 aliphatic carbocycles. The molecule has 3 rings (SSSR count). The smallest absolute Gasteiger partial charge is 0.122 e. The first kappa shape index (κ1) is 16.8. The van der Waals surface area contributed by atoms with Crippen molar-refractivity contribution in [2.45, 2.75) is 45.4 Å². The van der Waals surface area contributed by atoms with Crippen LogP contribution in [0.5, 0.6) is 5.75 Å². The van der Waals surface area contributed by atoms with E-state index in [9.17, 15) is 0 Å². The average Bonchev–Trinajstić information content (AvgIpc) is 2.64. The van der Waals surface area contributed by atoms with E-state index in [1.165, 1.54) is 53.5 Å². The van der Waals surface area contributed by atoms with Crippen LogP contribution in [0.25, 0.3) is 11.1 Å². The van der Waals surface area contributed by atoms with Gasteiger partial charge in [-0.05, 0) is 85.3 Å². The van der Waals surface area contributed by atoms with Gasteiger partial charge in [-0.15, -0.1) is 6.58 Å². The van der Waals surface area contributed by atoms with E-state index in [4.69, 9.17) is 4.74 Å². The van der Waals surface area contributed by atoms with Gasteiger partial charge in [0.2, 0.25) is 0 Å². The number of hydrogen-bond donors (Lipinski definition) is 0. The highest BCUT2D eigenvalue weighted by Crippen LogP contribution is 2.37. The third kappa shape index (κ3) is 3.26. The van der Waals surface area contributed by atoms with Crippen molar-refractivity contribution >= 4 is 0 Å². The molecule has 0 radical (unpaired) electrons. The van der Waals surface area contributed by atoms with Crippen LogP contribution < -0.4 is 4.74 Å². The maximum Gasteiger partial charge on any atom is 0.122 e. The normalized spacial score (nSPS) is 20.6. The molecule has 1 fully saturated rings. The summed E-state index contributed by atoms with van der Waals surface area (Å²) in [6, 6.07) is 13.5. The molecule has 1 nitrogen and oxygen atoms in total. The first-order chi connectivity index (χ1) is 11.6. The van der Waals surface area contributed by atoms with Crippen LogP contribution in [0.2, 0.25) is 0 Å². The second-order valence-corrected chi connectivity index (χ2v) is 7.03. The van der Waals surface area contributed by atoms with Crippen molar-refractivity contribution in [3.63, 3.8) is 0 Å². The zero-order valence-corrected chi connectivity index (χ0v) is 15.1. The molecule has 0 bridgehead atoms. The van der Waals surface area contributed by atoms with Gasteiger partial charge in [-0.2, -0.15) is 0 Å². The first-order valence-electron chi connectivity index (χ1n) is 9.01. The lowest BCUT2D eigenvalue weighted by Crippen LogP contribution is -2.11. The zero-order valence-electron chi connectivity index (χ0n) is 15.1. The second kappa shape index (κ2) is 7.25. The summed E-state index contributed by atoms with van der Waals surface area (Å²) in [4.78, 5) is 0. The Morgan fingerprint density at radius 2 is 1.58 bits per heavy atom. The fourth-order valence-corrected chi connectivity index (χ4v) is 3.95. The highest BCUT2D eigenvalue weighted by atomic mass is 16.5. The average molecular weight is 320 g/mol. The molecular weight excluding hydrogens is 292 g/mol. The van der Waals surface area contributed by atoms with E-state index in [0.29, 0.717) is 5.92 Å². The lowest BCUT2D eigenvalue weighted by Gasteiger charge is -2.27. The molecule has 0 aliphatic heterocycles. The van der Waals surface area contributed by atoms with Crippen LogP contribution >= 0.6 is 0 Å². The SMILES string of the molecule is C=CC1CCC(c2ccc(-c3ccc(OC)c(C)c3C)cc2)CC1. The third-order valence-corrected chi connectivity index (χ3v) is 5.76. The van der Waals surface area contributed by atoms with Crippen molar-refractivity contribution in [2.24, 2.45) is 5.92 Å². The van der Waals surface area contributed by atoms with Crippen molar-refractivity contribution in [3.8, 4) is 16.9 Å². The number of ether oxygens (including phenoxy) is 1. The number of rotatable bonds is 4. The largest absolute Gasteiger partial charge is 0.496 e. The Hall–Kier alpha value is -2.02. The lowest BCUT2D eigenvalue weighted by molar-refractivity contribution is 0.376. The maximum atomic E-state index is 5.43. The second-order valence-electron chi connectivity index (χ2n) is 7.03. The van der Waals surface area contributed by atoms with Gasteiger partial charge >= 0.3 is 0 Å². The van der Waals surface area contributed by atoms with Gasteiger partial charge in [-0.1, -0.05) is 36.4 Å². The van der Waals surface area contributed by atoms with Gasteiger partial charge in [0.05, 0.1) is 7.11 Å². The van der Waals surface area contributed by atoms with Gasteiger partial charge in [-0.3, -0.25) is 0 Å². The van der Waals surface area contributed by atoms with Gasteiger partial charge in [-0.25, -0.2) is 0 Å². The van der Waals surface area contributed by atoms with E-state index in [1.807, 2.05) is 0 Å². The minimum absolute atomic E-state index is 0.717. The molecule has 126 valence electrons. The van der Waals surface area contributed by atoms with Crippen LogP contribution in [0.15, 0.2) is 49.1 Å². The number of benzene rings is 2. The standard InChI is InChI=1S/C23H28O/c1-5-18-6-8-19(9-7-18)20-10-12-21(13-11-20)22-14-15-23(24-4)17(3)16(22)2/h5,10-15,18-19H,1,6-9H2,2-4H3. The number of hydrogen-bond acceptors (Lipinski definition) is 1. The van der Waals surface area contributed by atoms with E-state index in [-0.39, 0.29) is 0 Å². The number of methoxy groups -OCH3 is 1. The molecule has 1 aliphatic rings. The fourth-order valence-electron chi connectivity index (χ4n) is 3.95. The highest BCUT2D eigenvalue weighted by Gasteiger charge is 2.20. The molecule has 0 N–H and O–H groups in total. The highest BCUT2D eigenvalue weighted by molar-refractivity contribution is 5.70. The van der Waals surface area contributed by atoms with Gasteiger partial charge in [0, 0.05) is 0 Å². The van der Waals surface area contributed by atoms with E-state index in [0.717, 1.165) is 11.7 Å². The van der Waals surface area contributed by atoms with Crippen LogP contribution in [0, 0.1) is 19.8 Å². The molecule has 0 aromatic heterocycles. The van der Waals surface area contributed by atoms with Crippen LogP contribution in [0.1, 0.15) is 48.3 Å². The summed E-state index contributed by atoms with van der Waals surface area (Å²) in [6.07, 6.45) is 7.28. The van der Waals surface area contributed by atoms with Crippen molar-refractivity contribution < 1.29 is 4.74 Å². The Morgan fingerprint density at radius 3 is 2.17 bits per heavy atom. The minimum atomic E-state index is 0.717. The zero-order chi connectivity index (χ0) is 17.1. The van der Waals surface area contributed by atoms with Gasteiger partial charge in [0.15, 0.2) is 0 Å². The molecule has 24 heavy (non-hydrogen) atoms. The Bertz CT molecular complexity index is 704. The molecule has 0 unspecified atom stereocenters. The van der Waals surface area contributed by atoms with Crippen LogP contribution in [-0.4, -0.2) is 7.11 Å². The first-order valence-corrected chi connectivity index (χ1v) is 9.01. The fraction of sp³-hybridized carbons (Fsp3) is 0.391. The summed E-state index contributed by atoms with van der Waals surface area (Å²) in [7, 11) is 1.73. The Kier molecular flexibility index (Phi) is 5.08. The van der Waals surface area contributed by atoms with Crippen molar-refractivity contribution in [2.75, 3.05) is 7.11 Å². The molecule has 0 heterocycles. The van der Waals surface area contributed by atoms with Gasteiger partial charge in [0.1, 0.15) is 5.75 Å². The van der Waals surface area contributed by atoms with Crippen molar-refractivity contribution in [1.82, 2.24) is 0 Å². The summed E-state index contributed by atoms with van der Waals surface area (Å²) in [5, 5.41) is 0.